The molecule has 5 nitrogen and oxygen atoms in total. The molecular formula is C22H25NO4. The zero-order valence-electron chi connectivity index (χ0n) is 16.5. The summed E-state index contributed by atoms with van der Waals surface area (Å²) in [5, 5.41) is 0. The molecule has 1 aliphatic heterocycles. The number of anilines is 1. The zero-order valence-corrected chi connectivity index (χ0v) is 16.5. The van der Waals surface area contributed by atoms with Gasteiger partial charge in [0.1, 0.15) is 0 Å². The monoisotopic (exact) mass is 367 g/mol. The maximum absolute atomic E-state index is 13.0. The number of rotatable bonds is 3. The Balaban J connectivity index is 2.03. The maximum atomic E-state index is 13.0. The Bertz CT molecular complexity index is 907. The SMILES string of the molecule is COC(=O)/C(C)=C\c1cc(N2C(=O)C3=C(CC(C)CC3)C2=O)c(C)cc1C. The average molecular weight is 367 g/mol. The average Bonchev–Trinajstić information content (AvgIpc) is 2.87. The van der Waals surface area contributed by atoms with Crippen LogP contribution in [-0.4, -0.2) is 24.9 Å². The van der Waals surface area contributed by atoms with E-state index < -0.39 is 5.97 Å². The van der Waals surface area contributed by atoms with Crippen LogP contribution in [0.5, 0.6) is 0 Å². The highest BCUT2D eigenvalue weighted by Gasteiger charge is 2.41. The van der Waals surface area contributed by atoms with Crippen LogP contribution < -0.4 is 4.90 Å². The Morgan fingerprint density at radius 2 is 1.81 bits per heavy atom. The molecule has 0 saturated carbocycles. The Hall–Kier alpha value is -2.69. The molecule has 0 aromatic heterocycles. The smallest absolute Gasteiger partial charge is 0.333 e. The van der Waals surface area contributed by atoms with E-state index in [1.807, 2.05) is 26.0 Å². The normalized spacial score (nSPS) is 20.3. The van der Waals surface area contributed by atoms with Crippen LogP contribution in [0.2, 0.25) is 0 Å². The van der Waals surface area contributed by atoms with Gasteiger partial charge in [0.2, 0.25) is 0 Å². The van der Waals surface area contributed by atoms with Gasteiger partial charge in [-0.3, -0.25) is 9.59 Å². The molecule has 0 N–H and O–H groups in total. The summed E-state index contributed by atoms with van der Waals surface area (Å²) in [6.45, 7) is 7.62. The van der Waals surface area contributed by atoms with Crippen LogP contribution in [-0.2, 0) is 19.1 Å². The number of esters is 1. The molecule has 2 aliphatic rings. The van der Waals surface area contributed by atoms with Crippen molar-refractivity contribution in [2.45, 2.75) is 47.0 Å². The molecule has 1 aromatic rings. The predicted octanol–water partition coefficient (Wildman–Crippen LogP) is 3.87. The van der Waals surface area contributed by atoms with Crippen LogP contribution in [0.15, 0.2) is 28.9 Å². The molecule has 2 amide bonds. The maximum Gasteiger partial charge on any atom is 0.333 e. The van der Waals surface area contributed by atoms with Crippen LogP contribution in [0.25, 0.3) is 6.08 Å². The van der Waals surface area contributed by atoms with E-state index >= 15 is 0 Å². The molecule has 3 rings (SSSR count). The van der Waals surface area contributed by atoms with Crippen LogP contribution in [0, 0.1) is 19.8 Å². The highest BCUT2D eigenvalue weighted by atomic mass is 16.5. The lowest BCUT2D eigenvalue weighted by Crippen LogP contribution is -2.32. The Kier molecular flexibility index (Phi) is 5.05. The van der Waals surface area contributed by atoms with Crippen molar-refractivity contribution < 1.29 is 19.1 Å². The fourth-order valence-electron chi connectivity index (χ4n) is 3.86. The van der Waals surface area contributed by atoms with Crippen molar-refractivity contribution in [3.63, 3.8) is 0 Å². The summed E-state index contributed by atoms with van der Waals surface area (Å²) in [4.78, 5) is 39.0. The summed E-state index contributed by atoms with van der Waals surface area (Å²) in [6, 6.07) is 3.75. The summed E-state index contributed by atoms with van der Waals surface area (Å²) in [7, 11) is 1.34. The number of imide groups is 1. The lowest BCUT2D eigenvalue weighted by Gasteiger charge is -2.19. The number of aryl methyl sites for hydroxylation is 2. The van der Waals surface area contributed by atoms with Crippen molar-refractivity contribution >= 4 is 29.5 Å². The molecular weight excluding hydrogens is 342 g/mol. The Morgan fingerprint density at radius 1 is 1.15 bits per heavy atom. The van der Waals surface area contributed by atoms with Gasteiger partial charge in [0.15, 0.2) is 0 Å². The first-order valence-electron chi connectivity index (χ1n) is 9.23. The summed E-state index contributed by atoms with van der Waals surface area (Å²) < 4.78 is 4.75. The molecule has 1 atom stereocenters. The molecule has 0 saturated heterocycles. The number of carbonyl (C=O) groups excluding carboxylic acids is 3. The van der Waals surface area contributed by atoms with E-state index in [1.165, 1.54) is 12.0 Å². The number of nitrogens with zero attached hydrogens (tertiary/aromatic N) is 1. The molecule has 1 heterocycles. The standard InChI is InChI=1S/C22H25NO4/c1-12-6-7-17-18(8-12)21(25)23(20(17)24)19-11-16(13(2)9-14(19)3)10-15(4)22(26)27-5/h9-12H,6-8H2,1-5H3/b15-10-. The molecule has 0 fully saturated rings. The number of ether oxygens (including phenoxy) is 1. The number of hydrogen-bond donors (Lipinski definition) is 0. The van der Waals surface area contributed by atoms with Gasteiger partial charge in [-0.25, -0.2) is 9.69 Å². The third kappa shape index (κ3) is 3.34. The first-order chi connectivity index (χ1) is 12.7. The largest absolute Gasteiger partial charge is 0.466 e. The van der Waals surface area contributed by atoms with Gasteiger partial charge in [0.25, 0.3) is 11.8 Å². The number of methoxy groups -OCH3 is 1. The molecule has 0 radical (unpaired) electrons. The van der Waals surface area contributed by atoms with Gasteiger partial charge in [0, 0.05) is 16.7 Å². The fraction of sp³-hybridized carbons (Fsp3) is 0.409. The second-order valence-electron chi connectivity index (χ2n) is 7.57. The van der Waals surface area contributed by atoms with E-state index in [1.54, 1.807) is 13.0 Å². The highest BCUT2D eigenvalue weighted by molar-refractivity contribution is 6.33. The van der Waals surface area contributed by atoms with E-state index in [0.29, 0.717) is 41.2 Å². The minimum absolute atomic E-state index is 0.200. The van der Waals surface area contributed by atoms with E-state index in [9.17, 15) is 14.4 Å². The van der Waals surface area contributed by atoms with Crippen LogP contribution >= 0.6 is 0 Å². The van der Waals surface area contributed by atoms with Gasteiger partial charge >= 0.3 is 5.97 Å². The van der Waals surface area contributed by atoms with Gasteiger partial charge in [-0.2, -0.15) is 0 Å². The molecule has 1 aliphatic carbocycles. The first kappa shape index (κ1) is 19.1. The molecule has 1 aromatic carbocycles. The third-order valence-electron chi connectivity index (χ3n) is 5.43. The van der Waals surface area contributed by atoms with Crippen LogP contribution in [0.3, 0.4) is 0 Å². The van der Waals surface area contributed by atoms with E-state index in [-0.39, 0.29) is 11.8 Å². The van der Waals surface area contributed by atoms with Crippen molar-refractivity contribution in [3.05, 3.63) is 45.5 Å². The predicted molar refractivity (Wildman–Crippen MR) is 104 cm³/mol. The minimum Gasteiger partial charge on any atom is -0.466 e. The number of hydrogen-bond acceptors (Lipinski definition) is 4. The molecule has 0 spiro atoms. The Morgan fingerprint density at radius 3 is 2.48 bits per heavy atom. The van der Waals surface area contributed by atoms with Crippen molar-refractivity contribution in [1.29, 1.82) is 0 Å². The van der Waals surface area contributed by atoms with Crippen molar-refractivity contribution in [2.24, 2.45) is 5.92 Å². The van der Waals surface area contributed by atoms with E-state index in [0.717, 1.165) is 23.1 Å². The molecule has 142 valence electrons. The fourth-order valence-corrected chi connectivity index (χ4v) is 3.86. The first-order valence-corrected chi connectivity index (χ1v) is 9.23. The molecule has 27 heavy (non-hydrogen) atoms. The zero-order chi connectivity index (χ0) is 19.9. The van der Waals surface area contributed by atoms with Crippen molar-refractivity contribution in [1.82, 2.24) is 0 Å². The van der Waals surface area contributed by atoms with Gasteiger partial charge < -0.3 is 4.74 Å². The lowest BCUT2D eigenvalue weighted by atomic mass is 9.86. The minimum atomic E-state index is -0.407. The summed E-state index contributed by atoms with van der Waals surface area (Å²) in [6.07, 6.45) is 3.99. The quantitative estimate of drug-likeness (QED) is 0.462. The topological polar surface area (TPSA) is 63.7 Å². The number of benzene rings is 1. The summed E-state index contributed by atoms with van der Waals surface area (Å²) in [5.74, 6) is -0.390. The molecule has 1 unspecified atom stereocenters. The number of carbonyl (C=O) groups is 3. The lowest BCUT2D eigenvalue weighted by molar-refractivity contribution is -0.136. The van der Waals surface area contributed by atoms with E-state index in [4.69, 9.17) is 4.74 Å². The van der Waals surface area contributed by atoms with Crippen molar-refractivity contribution in [2.75, 3.05) is 12.0 Å². The van der Waals surface area contributed by atoms with Crippen molar-refractivity contribution in [3.8, 4) is 0 Å². The van der Waals surface area contributed by atoms with Gasteiger partial charge in [-0.05, 0) is 74.8 Å². The van der Waals surface area contributed by atoms with Gasteiger partial charge in [-0.15, -0.1) is 0 Å². The van der Waals surface area contributed by atoms with E-state index in [2.05, 4.69) is 6.92 Å². The number of amides is 2. The third-order valence-corrected chi connectivity index (χ3v) is 5.43. The second-order valence-corrected chi connectivity index (χ2v) is 7.57. The summed E-state index contributed by atoms with van der Waals surface area (Å²) >= 11 is 0. The Labute approximate surface area is 159 Å². The van der Waals surface area contributed by atoms with Crippen LogP contribution in [0.1, 0.15) is 49.8 Å². The second kappa shape index (κ2) is 7.14. The van der Waals surface area contributed by atoms with Gasteiger partial charge in [0.05, 0.1) is 12.8 Å². The summed E-state index contributed by atoms with van der Waals surface area (Å²) in [5.41, 5.74) is 4.99. The van der Waals surface area contributed by atoms with Gasteiger partial charge in [-0.1, -0.05) is 13.0 Å². The molecule has 5 heteroatoms. The van der Waals surface area contributed by atoms with Crippen LogP contribution in [0.4, 0.5) is 5.69 Å². The molecule has 0 bridgehead atoms. The highest BCUT2D eigenvalue weighted by Crippen LogP contribution is 2.39.